The van der Waals surface area contributed by atoms with E-state index in [0.717, 1.165) is 0 Å². The van der Waals surface area contributed by atoms with Crippen LogP contribution in [0.1, 0.15) is 5.56 Å². The third-order valence-electron chi connectivity index (χ3n) is 2.26. The van der Waals surface area contributed by atoms with Crippen LogP contribution in [0.3, 0.4) is 0 Å². The van der Waals surface area contributed by atoms with Crippen molar-refractivity contribution < 1.29 is 9.52 Å². The molecule has 0 aliphatic rings. The summed E-state index contributed by atoms with van der Waals surface area (Å²) in [6.07, 6.45) is 3.43. The molecule has 1 heterocycles. The number of hydrogen-bond acceptors (Lipinski definition) is 3. The molecule has 15 heavy (non-hydrogen) atoms. The van der Waals surface area contributed by atoms with Crippen molar-refractivity contribution in [3.05, 3.63) is 52.9 Å². The topological polar surface area (TPSA) is 50.4 Å². The lowest BCUT2D eigenvalue weighted by atomic mass is 10.0. The molecule has 0 unspecified atom stereocenters. The van der Waals surface area contributed by atoms with E-state index in [1.54, 1.807) is 12.1 Å². The Morgan fingerprint density at radius 1 is 1.40 bits per heavy atom. The molecule has 76 valence electrons. The number of allylic oxidation sites excluding steroid dienone is 1. The van der Waals surface area contributed by atoms with Crippen LogP contribution in [0.15, 0.2) is 46.3 Å². The predicted octanol–water partition coefficient (Wildman–Crippen LogP) is 2.23. The van der Waals surface area contributed by atoms with Gasteiger partial charge in [0.2, 0.25) is 0 Å². The Balaban J connectivity index is 2.90. The Kier molecular flexibility index (Phi) is 2.29. The predicted molar refractivity (Wildman–Crippen MR) is 58.0 cm³/mol. The number of phenols is 1. The molecule has 0 saturated heterocycles. The van der Waals surface area contributed by atoms with Gasteiger partial charge in [-0.25, -0.2) is 0 Å². The normalized spacial score (nSPS) is 10.4. The standard InChI is InChI=1S/C12H10O3/c1-2-3-8-9(13)4-5-11-12(8)10(14)6-7-15-11/h2,4-7,13H,1,3H2. The van der Waals surface area contributed by atoms with Crippen LogP contribution in [-0.2, 0) is 6.42 Å². The minimum Gasteiger partial charge on any atom is -0.508 e. The average Bonchev–Trinajstić information content (AvgIpc) is 2.23. The van der Waals surface area contributed by atoms with Crippen LogP contribution in [0.25, 0.3) is 11.0 Å². The van der Waals surface area contributed by atoms with E-state index in [2.05, 4.69) is 6.58 Å². The molecule has 0 aliphatic carbocycles. The van der Waals surface area contributed by atoms with Gasteiger partial charge in [-0.15, -0.1) is 6.58 Å². The van der Waals surface area contributed by atoms with Crippen LogP contribution in [0, 0.1) is 0 Å². The van der Waals surface area contributed by atoms with Gasteiger partial charge < -0.3 is 9.52 Å². The van der Waals surface area contributed by atoms with Gasteiger partial charge in [-0.1, -0.05) is 6.08 Å². The highest BCUT2D eigenvalue weighted by atomic mass is 16.3. The van der Waals surface area contributed by atoms with E-state index in [1.807, 2.05) is 0 Å². The summed E-state index contributed by atoms with van der Waals surface area (Å²) in [5, 5.41) is 10.1. The third-order valence-corrected chi connectivity index (χ3v) is 2.26. The highest BCUT2D eigenvalue weighted by Crippen LogP contribution is 2.25. The number of benzene rings is 1. The fourth-order valence-electron chi connectivity index (χ4n) is 1.59. The Hall–Kier alpha value is -2.03. The number of fused-ring (bicyclic) bond motifs is 1. The van der Waals surface area contributed by atoms with Crippen molar-refractivity contribution in [1.82, 2.24) is 0 Å². The highest BCUT2D eigenvalue weighted by molar-refractivity contribution is 5.82. The molecule has 0 bridgehead atoms. The van der Waals surface area contributed by atoms with Gasteiger partial charge >= 0.3 is 0 Å². The molecule has 1 N–H and O–H groups in total. The molecule has 3 nitrogen and oxygen atoms in total. The first kappa shape index (κ1) is 9.52. The summed E-state index contributed by atoms with van der Waals surface area (Å²) in [6.45, 7) is 3.59. The molecular weight excluding hydrogens is 192 g/mol. The average molecular weight is 202 g/mol. The van der Waals surface area contributed by atoms with Crippen LogP contribution in [-0.4, -0.2) is 5.11 Å². The fourth-order valence-corrected chi connectivity index (χ4v) is 1.59. The zero-order valence-electron chi connectivity index (χ0n) is 8.06. The first-order chi connectivity index (χ1) is 7.24. The van der Waals surface area contributed by atoms with Crippen LogP contribution >= 0.6 is 0 Å². The summed E-state index contributed by atoms with van der Waals surface area (Å²) in [5.74, 6) is 0.0981. The van der Waals surface area contributed by atoms with Gasteiger partial charge in [0.15, 0.2) is 5.43 Å². The fraction of sp³-hybridized carbons (Fsp3) is 0.0833. The molecule has 0 amide bonds. The maximum absolute atomic E-state index is 11.6. The van der Waals surface area contributed by atoms with Crippen molar-refractivity contribution in [2.75, 3.05) is 0 Å². The molecular formula is C12H10O3. The van der Waals surface area contributed by atoms with Crippen LogP contribution in [0.4, 0.5) is 0 Å². The van der Waals surface area contributed by atoms with E-state index in [-0.39, 0.29) is 11.2 Å². The van der Waals surface area contributed by atoms with Gasteiger partial charge in [-0.05, 0) is 18.6 Å². The molecule has 0 aliphatic heterocycles. The number of rotatable bonds is 2. The van der Waals surface area contributed by atoms with Gasteiger partial charge in [0.05, 0.1) is 11.6 Å². The number of aromatic hydroxyl groups is 1. The molecule has 0 fully saturated rings. The van der Waals surface area contributed by atoms with Gasteiger partial charge in [0.1, 0.15) is 11.3 Å². The number of hydrogen-bond donors (Lipinski definition) is 1. The molecule has 2 aromatic rings. The molecule has 0 spiro atoms. The van der Waals surface area contributed by atoms with Gasteiger partial charge in [-0.2, -0.15) is 0 Å². The van der Waals surface area contributed by atoms with Crippen LogP contribution in [0.2, 0.25) is 0 Å². The maximum Gasteiger partial charge on any atom is 0.193 e. The highest BCUT2D eigenvalue weighted by Gasteiger charge is 2.09. The smallest absolute Gasteiger partial charge is 0.193 e. The largest absolute Gasteiger partial charge is 0.508 e. The minimum atomic E-state index is -0.149. The zero-order chi connectivity index (χ0) is 10.8. The zero-order valence-corrected chi connectivity index (χ0v) is 8.06. The van der Waals surface area contributed by atoms with E-state index < -0.39 is 0 Å². The molecule has 0 atom stereocenters. The monoisotopic (exact) mass is 202 g/mol. The van der Waals surface area contributed by atoms with Gasteiger partial charge in [0.25, 0.3) is 0 Å². The van der Waals surface area contributed by atoms with E-state index in [0.29, 0.717) is 23.0 Å². The van der Waals surface area contributed by atoms with Crippen molar-refractivity contribution in [2.45, 2.75) is 6.42 Å². The summed E-state index contributed by atoms with van der Waals surface area (Å²) >= 11 is 0. The van der Waals surface area contributed by atoms with Crippen molar-refractivity contribution in [1.29, 1.82) is 0 Å². The maximum atomic E-state index is 11.6. The van der Waals surface area contributed by atoms with Crippen LogP contribution in [0.5, 0.6) is 5.75 Å². The van der Waals surface area contributed by atoms with Gasteiger partial charge in [0, 0.05) is 11.6 Å². The lowest BCUT2D eigenvalue weighted by Crippen LogP contribution is -2.02. The first-order valence-electron chi connectivity index (χ1n) is 4.57. The second kappa shape index (κ2) is 3.61. The van der Waals surface area contributed by atoms with Crippen molar-refractivity contribution in [3.63, 3.8) is 0 Å². The Morgan fingerprint density at radius 3 is 2.93 bits per heavy atom. The van der Waals surface area contributed by atoms with Crippen molar-refractivity contribution in [2.24, 2.45) is 0 Å². The molecule has 0 saturated carbocycles. The molecule has 0 radical (unpaired) electrons. The van der Waals surface area contributed by atoms with E-state index >= 15 is 0 Å². The van der Waals surface area contributed by atoms with E-state index in [1.165, 1.54) is 18.4 Å². The quantitative estimate of drug-likeness (QED) is 0.759. The molecule has 1 aromatic carbocycles. The Morgan fingerprint density at radius 2 is 2.20 bits per heavy atom. The van der Waals surface area contributed by atoms with E-state index in [4.69, 9.17) is 4.42 Å². The first-order valence-corrected chi connectivity index (χ1v) is 4.57. The summed E-state index contributed by atoms with van der Waals surface area (Å²) in [4.78, 5) is 11.6. The lowest BCUT2D eigenvalue weighted by molar-refractivity contribution is 0.470. The Bertz CT molecular complexity index is 567. The molecule has 1 aromatic heterocycles. The number of phenolic OH excluding ortho intramolecular Hbond substituents is 1. The second-order valence-electron chi connectivity index (χ2n) is 3.21. The SMILES string of the molecule is C=CCc1c(O)ccc2occc(=O)c12. The second-order valence-corrected chi connectivity index (χ2v) is 3.21. The summed E-state index contributed by atoms with van der Waals surface area (Å²) in [5.41, 5.74) is 0.901. The summed E-state index contributed by atoms with van der Waals surface area (Å²) in [7, 11) is 0. The molecule has 2 rings (SSSR count). The summed E-state index contributed by atoms with van der Waals surface area (Å²) in [6, 6.07) is 4.44. The van der Waals surface area contributed by atoms with Crippen molar-refractivity contribution in [3.8, 4) is 5.75 Å². The Labute approximate surface area is 86.3 Å². The van der Waals surface area contributed by atoms with Crippen LogP contribution < -0.4 is 5.43 Å². The lowest BCUT2D eigenvalue weighted by Gasteiger charge is -2.04. The summed E-state index contributed by atoms with van der Waals surface area (Å²) < 4.78 is 5.19. The molecule has 3 heteroatoms. The van der Waals surface area contributed by atoms with E-state index in [9.17, 15) is 9.90 Å². The minimum absolute atomic E-state index is 0.0981. The van der Waals surface area contributed by atoms with Crippen molar-refractivity contribution >= 4 is 11.0 Å². The third kappa shape index (κ3) is 1.52. The van der Waals surface area contributed by atoms with Gasteiger partial charge in [-0.3, -0.25) is 4.79 Å².